The summed E-state index contributed by atoms with van der Waals surface area (Å²) in [4.78, 5) is 32.9. The van der Waals surface area contributed by atoms with Crippen LogP contribution in [0.5, 0.6) is 11.5 Å². The molecule has 1 amide bonds. The second-order valence-electron chi connectivity index (χ2n) is 6.83. The summed E-state index contributed by atoms with van der Waals surface area (Å²) in [5.74, 6) is -0.501. The predicted octanol–water partition coefficient (Wildman–Crippen LogP) is 5.15. The number of benzene rings is 3. The van der Waals surface area contributed by atoms with E-state index in [0.29, 0.717) is 11.3 Å². The van der Waals surface area contributed by atoms with Crippen molar-refractivity contribution in [3.05, 3.63) is 104 Å². The third kappa shape index (κ3) is 5.77. The van der Waals surface area contributed by atoms with Gasteiger partial charge in [0, 0.05) is 11.8 Å². The number of nitrogens with zero attached hydrogens (tertiary/aromatic N) is 3. The lowest BCUT2D eigenvalue weighted by molar-refractivity contribution is -0.394. The van der Waals surface area contributed by atoms with E-state index in [0.717, 1.165) is 23.8 Å². The Balaban J connectivity index is 1.76. The number of anilines is 1. The van der Waals surface area contributed by atoms with Crippen LogP contribution in [0.15, 0.2) is 72.3 Å². The summed E-state index contributed by atoms with van der Waals surface area (Å²) >= 11 is 0. The Morgan fingerprint density at radius 1 is 1.00 bits per heavy atom. The highest BCUT2D eigenvalue weighted by Crippen LogP contribution is 2.34. The summed E-state index contributed by atoms with van der Waals surface area (Å²) < 4.78 is 5.50. The van der Waals surface area contributed by atoms with Crippen LogP contribution in [-0.2, 0) is 4.79 Å². The zero-order valence-corrected chi connectivity index (χ0v) is 17.2. The number of nitriles is 1. The van der Waals surface area contributed by atoms with Crippen LogP contribution in [0.2, 0.25) is 0 Å². The van der Waals surface area contributed by atoms with Crippen LogP contribution in [0.3, 0.4) is 0 Å². The maximum absolute atomic E-state index is 12.4. The maximum Gasteiger partial charge on any atom is 0.318 e. The van der Waals surface area contributed by atoms with E-state index in [2.05, 4.69) is 5.32 Å². The van der Waals surface area contributed by atoms with Gasteiger partial charge in [-0.2, -0.15) is 5.26 Å². The van der Waals surface area contributed by atoms with E-state index in [4.69, 9.17) is 4.74 Å². The Labute approximate surface area is 187 Å². The number of nitrogens with one attached hydrogen (secondary N) is 1. The molecule has 1 N–H and O–H groups in total. The van der Waals surface area contributed by atoms with Crippen molar-refractivity contribution < 1.29 is 19.4 Å². The third-order valence-electron chi connectivity index (χ3n) is 4.44. The molecule has 0 aromatic heterocycles. The van der Waals surface area contributed by atoms with Gasteiger partial charge in [0.25, 0.3) is 11.6 Å². The lowest BCUT2D eigenvalue weighted by Crippen LogP contribution is -2.13. The number of hydrogen-bond donors (Lipinski definition) is 1. The number of nitro benzene ring substituents is 2. The molecule has 0 atom stereocenters. The molecule has 10 nitrogen and oxygen atoms in total. The van der Waals surface area contributed by atoms with Gasteiger partial charge in [-0.25, -0.2) is 0 Å². The van der Waals surface area contributed by atoms with Gasteiger partial charge in [0.1, 0.15) is 17.4 Å². The highest BCUT2D eigenvalue weighted by molar-refractivity contribution is 6.09. The van der Waals surface area contributed by atoms with Crippen molar-refractivity contribution in [1.29, 1.82) is 5.26 Å². The normalized spacial score (nSPS) is 10.7. The highest BCUT2D eigenvalue weighted by Gasteiger charge is 2.21. The van der Waals surface area contributed by atoms with Crippen molar-refractivity contribution in [3.8, 4) is 17.6 Å². The minimum absolute atomic E-state index is 0.116. The van der Waals surface area contributed by atoms with E-state index in [1.54, 1.807) is 24.3 Å². The Hall–Kier alpha value is -5.04. The number of rotatable bonds is 7. The molecule has 0 spiro atoms. The van der Waals surface area contributed by atoms with Crippen molar-refractivity contribution >= 4 is 29.0 Å². The molecule has 164 valence electrons. The van der Waals surface area contributed by atoms with Crippen molar-refractivity contribution in [2.75, 3.05) is 5.32 Å². The minimum Gasteiger partial charge on any atom is -0.450 e. The lowest BCUT2D eigenvalue weighted by atomic mass is 10.1. The van der Waals surface area contributed by atoms with Crippen LogP contribution in [-0.4, -0.2) is 15.8 Å². The molecule has 0 fully saturated rings. The monoisotopic (exact) mass is 444 g/mol. The Bertz CT molecular complexity index is 1290. The van der Waals surface area contributed by atoms with Crippen LogP contribution in [0.4, 0.5) is 17.1 Å². The quantitative estimate of drug-likeness (QED) is 0.229. The molecule has 0 radical (unpaired) electrons. The fourth-order valence-electron chi connectivity index (χ4n) is 2.76. The summed E-state index contributed by atoms with van der Waals surface area (Å²) in [5.41, 5.74) is 1.02. The van der Waals surface area contributed by atoms with Crippen molar-refractivity contribution in [2.24, 2.45) is 0 Å². The molecule has 0 bridgehead atoms. The molecule has 10 heteroatoms. The van der Waals surface area contributed by atoms with Crippen molar-refractivity contribution in [3.63, 3.8) is 0 Å². The van der Waals surface area contributed by atoms with E-state index in [1.165, 1.54) is 18.2 Å². The molecule has 0 aliphatic rings. The van der Waals surface area contributed by atoms with Gasteiger partial charge in [-0.1, -0.05) is 29.8 Å². The zero-order chi connectivity index (χ0) is 24.0. The largest absolute Gasteiger partial charge is 0.450 e. The van der Waals surface area contributed by atoms with E-state index in [9.17, 15) is 30.3 Å². The van der Waals surface area contributed by atoms with Gasteiger partial charge in [-0.05, 0) is 48.9 Å². The SMILES string of the molecule is Cc1ccc(NC(=O)/C(C#N)=C\c2ccc(Oc3ccc([N+](=O)[O-])cc3[N+](=O)[O-])cc2)cc1. The summed E-state index contributed by atoms with van der Waals surface area (Å²) in [6, 6.07) is 18.1. The topological polar surface area (TPSA) is 148 Å². The molecule has 3 aromatic rings. The molecule has 3 aromatic carbocycles. The Morgan fingerprint density at radius 3 is 2.24 bits per heavy atom. The van der Waals surface area contributed by atoms with Crippen LogP contribution in [0.25, 0.3) is 6.08 Å². The molecular formula is C23H16N4O6. The van der Waals surface area contributed by atoms with Crippen LogP contribution in [0, 0.1) is 38.5 Å². The van der Waals surface area contributed by atoms with Crippen LogP contribution >= 0.6 is 0 Å². The molecule has 0 saturated carbocycles. The number of hydrogen-bond acceptors (Lipinski definition) is 7. The van der Waals surface area contributed by atoms with E-state index >= 15 is 0 Å². The standard InChI is InChI=1S/C23H16N4O6/c1-15-2-6-18(7-3-15)25-23(28)17(14-24)12-16-4-9-20(10-5-16)33-22-11-8-19(26(29)30)13-21(22)27(31)32/h2-13H,1H3,(H,25,28)/b17-12-. The van der Waals surface area contributed by atoms with E-state index < -0.39 is 27.1 Å². The summed E-state index contributed by atoms with van der Waals surface area (Å²) in [7, 11) is 0. The number of carbonyl (C=O) groups is 1. The fourth-order valence-corrected chi connectivity index (χ4v) is 2.76. The first-order chi connectivity index (χ1) is 15.8. The summed E-state index contributed by atoms with van der Waals surface area (Å²) in [5, 5.41) is 34.1. The van der Waals surface area contributed by atoms with Gasteiger partial charge in [-0.3, -0.25) is 25.0 Å². The number of ether oxygens (including phenoxy) is 1. The van der Waals surface area contributed by atoms with E-state index in [-0.39, 0.29) is 17.1 Å². The third-order valence-corrected chi connectivity index (χ3v) is 4.44. The van der Waals surface area contributed by atoms with Gasteiger partial charge >= 0.3 is 5.69 Å². The molecule has 0 saturated heterocycles. The molecule has 0 heterocycles. The first-order valence-corrected chi connectivity index (χ1v) is 9.47. The van der Waals surface area contributed by atoms with Gasteiger partial charge < -0.3 is 10.1 Å². The number of non-ortho nitro benzene ring substituents is 1. The smallest absolute Gasteiger partial charge is 0.318 e. The van der Waals surface area contributed by atoms with Crippen molar-refractivity contribution in [1.82, 2.24) is 0 Å². The lowest BCUT2D eigenvalue weighted by Gasteiger charge is -2.07. The second-order valence-corrected chi connectivity index (χ2v) is 6.83. The molecule has 3 rings (SSSR count). The molecular weight excluding hydrogens is 428 g/mol. The minimum atomic E-state index is -0.773. The number of amides is 1. The first kappa shape index (κ1) is 22.6. The van der Waals surface area contributed by atoms with E-state index in [1.807, 2.05) is 25.1 Å². The summed E-state index contributed by atoms with van der Waals surface area (Å²) in [6.45, 7) is 1.92. The predicted molar refractivity (Wildman–Crippen MR) is 120 cm³/mol. The van der Waals surface area contributed by atoms with Crippen molar-refractivity contribution in [2.45, 2.75) is 6.92 Å². The molecule has 0 aliphatic heterocycles. The van der Waals surface area contributed by atoms with Gasteiger partial charge in [0.2, 0.25) is 5.75 Å². The van der Waals surface area contributed by atoms with Gasteiger partial charge in [-0.15, -0.1) is 0 Å². The first-order valence-electron chi connectivity index (χ1n) is 9.47. The fraction of sp³-hybridized carbons (Fsp3) is 0.0435. The maximum atomic E-state index is 12.4. The Kier molecular flexibility index (Phi) is 6.75. The average molecular weight is 444 g/mol. The van der Waals surface area contributed by atoms with Gasteiger partial charge in [0.15, 0.2) is 0 Å². The zero-order valence-electron chi connectivity index (χ0n) is 17.2. The van der Waals surface area contributed by atoms with Crippen LogP contribution < -0.4 is 10.1 Å². The van der Waals surface area contributed by atoms with Gasteiger partial charge in [0.05, 0.1) is 15.9 Å². The second kappa shape index (κ2) is 9.84. The number of carbonyl (C=O) groups excluding carboxylic acids is 1. The number of nitro groups is 2. The molecule has 0 aliphatic carbocycles. The molecule has 0 unspecified atom stereocenters. The Morgan fingerprint density at radius 2 is 1.67 bits per heavy atom. The average Bonchev–Trinajstić information content (AvgIpc) is 2.80. The molecule has 33 heavy (non-hydrogen) atoms. The highest BCUT2D eigenvalue weighted by atomic mass is 16.6. The van der Waals surface area contributed by atoms with Crippen LogP contribution in [0.1, 0.15) is 11.1 Å². The number of aryl methyl sites for hydroxylation is 1. The summed E-state index contributed by atoms with van der Waals surface area (Å²) in [6.07, 6.45) is 1.39.